The maximum absolute atomic E-state index is 6.41. The monoisotopic (exact) mass is 285 g/mol. The van der Waals surface area contributed by atoms with E-state index in [1.165, 1.54) is 5.56 Å². The van der Waals surface area contributed by atoms with E-state index in [1.807, 2.05) is 18.2 Å². The molecule has 0 saturated heterocycles. The van der Waals surface area contributed by atoms with Crippen LogP contribution in [0.4, 0.5) is 0 Å². The number of nitrogens with two attached hydrogens (primary N) is 1. The number of rotatable bonds is 2. The number of nitrogens with zero attached hydrogens (tertiary/aromatic N) is 2. The summed E-state index contributed by atoms with van der Waals surface area (Å²) in [4.78, 5) is 4.61. The van der Waals surface area contributed by atoms with Crippen molar-refractivity contribution in [3.8, 4) is 11.5 Å². The Morgan fingerprint density at radius 2 is 1.81 bits per heavy atom. The highest BCUT2D eigenvalue weighted by Gasteiger charge is 2.36. The van der Waals surface area contributed by atoms with Gasteiger partial charge in [-0.3, -0.25) is 0 Å². The van der Waals surface area contributed by atoms with Crippen molar-refractivity contribution in [2.75, 3.05) is 0 Å². The Bertz CT molecular complexity index is 633. The molecule has 1 heterocycles. The quantitative estimate of drug-likeness (QED) is 0.912. The van der Waals surface area contributed by atoms with Crippen molar-refractivity contribution in [2.45, 2.75) is 57.4 Å². The Morgan fingerprint density at radius 1 is 1.14 bits per heavy atom. The van der Waals surface area contributed by atoms with E-state index in [0.717, 1.165) is 31.2 Å². The Balaban J connectivity index is 2.01. The molecular formula is C17H23N3O. The molecule has 0 radical (unpaired) electrons. The summed E-state index contributed by atoms with van der Waals surface area (Å²) in [6.45, 7) is 6.56. The zero-order chi connectivity index (χ0) is 15.1. The molecule has 4 nitrogen and oxygen atoms in total. The van der Waals surface area contributed by atoms with Crippen LogP contribution in [-0.2, 0) is 11.0 Å². The van der Waals surface area contributed by atoms with Crippen molar-refractivity contribution in [1.82, 2.24) is 10.1 Å². The van der Waals surface area contributed by atoms with Gasteiger partial charge in [-0.15, -0.1) is 0 Å². The van der Waals surface area contributed by atoms with Gasteiger partial charge in [0.25, 0.3) is 5.89 Å². The van der Waals surface area contributed by atoms with Crippen LogP contribution in [-0.4, -0.2) is 10.1 Å². The van der Waals surface area contributed by atoms with E-state index in [9.17, 15) is 0 Å². The molecule has 3 rings (SSSR count). The second-order valence-electron chi connectivity index (χ2n) is 7.08. The fraction of sp³-hybridized carbons (Fsp3) is 0.529. The third-order valence-electron chi connectivity index (χ3n) is 4.33. The molecule has 1 aliphatic carbocycles. The third kappa shape index (κ3) is 2.60. The lowest BCUT2D eigenvalue weighted by Gasteiger charge is -2.21. The van der Waals surface area contributed by atoms with Gasteiger partial charge >= 0.3 is 0 Å². The fourth-order valence-corrected chi connectivity index (χ4v) is 3.09. The molecule has 1 fully saturated rings. The van der Waals surface area contributed by atoms with Crippen LogP contribution in [0.2, 0.25) is 0 Å². The predicted molar refractivity (Wildman–Crippen MR) is 82.8 cm³/mol. The van der Waals surface area contributed by atoms with Gasteiger partial charge in [0.2, 0.25) is 0 Å². The molecule has 1 aromatic carbocycles. The average molecular weight is 285 g/mol. The molecule has 0 bridgehead atoms. The largest absolute Gasteiger partial charge is 0.334 e. The van der Waals surface area contributed by atoms with Gasteiger partial charge in [-0.05, 0) is 29.9 Å². The van der Waals surface area contributed by atoms with E-state index >= 15 is 0 Å². The summed E-state index contributed by atoms with van der Waals surface area (Å²) < 4.78 is 5.52. The summed E-state index contributed by atoms with van der Waals surface area (Å²) in [5, 5.41) is 4.16. The van der Waals surface area contributed by atoms with Gasteiger partial charge < -0.3 is 10.3 Å². The summed E-state index contributed by atoms with van der Waals surface area (Å²) in [6, 6.07) is 8.20. The second kappa shape index (κ2) is 4.95. The second-order valence-corrected chi connectivity index (χ2v) is 7.08. The summed E-state index contributed by atoms with van der Waals surface area (Å²) in [5.41, 5.74) is 8.24. The van der Waals surface area contributed by atoms with Gasteiger partial charge in [0.15, 0.2) is 5.82 Å². The van der Waals surface area contributed by atoms with Crippen molar-refractivity contribution in [3.05, 3.63) is 35.7 Å². The molecule has 1 aliphatic rings. The van der Waals surface area contributed by atoms with Crippen LogP contribution in [0, 0.1) is 0 Å². The molecule has 0 aliphatic heterocycles. The molecule has 1 aromatic heterocycles. The Morgan fingerprint density at radius 3 is 2.48 bits per heavy atom. The highest BCUT2D eigenvalue weighted by atomic mass is 16.5. The Hall–Kier alpha value is -1.68. The van der Waals surface area contributed by atoms with E-state index < -0.39 is 5.54 Å². The lowest BCUT2D eigenvalue weighted by atomic mass is 9.84. The smallest absolute Gasteiger partial charge is 0.258 e. The summed E-state index contributed by atoms with van der Waals surface area (Å²) >= 11 is 0. The lowest BCUT2D eigenvalue weighted by Crippen LogP contribution is -2.34. The lowest BCUT2D eigenvalue weighted by molar-refractivity contribution is 0.372. The number of aromatic nitrogens is 2. The van der Waals surface area contributed by atoms with E-state index in [4.69, 9.17) is 10.3 Å². The highest BCUT2D eigenvalue weighted by Crippen LogP contribution is 2.37. The topological polar surface area (TPSA) is 64.9 Å². The van der Waals surface area contributed by atoms with Crippen molar-refractivity contribution in [2.24, 2.45) is 5.73 Å². The molecule has 2 N–H and O–H groups in total. The van der Waals surface area contributed by atoms with Crippen LogP contribution < -0.4 is 5.73 Å². The third-order valence-corrected chi connectivity index (χ3v) is 4.33. The van der Waals surface area contributed by atoms with Gasteiger partial charge in [-0.2, -0.15) is 4.98 Å². The first kappa shape index (κ1) is 14.3. The van der Waals surface area contributed by atoms with E-state index in [2.05, 4.69) is 37.0 Å². The van der Waals surface area contributed by atoms with Gasteiger partial charge in [0.1, 0.15) is 0 Å². The zero-order valence-corrected chi connectivity index (χ0v) is 13.0. The minimum atomic E-state index is -0.404. The molecule has 1 saturated carbocycles. The molecule has 0 spiro atoms. The molecule has 0 atom stereocenters. The first-order chi connectivity index (χ1) is 9.90. The molecule has 112 valence electrons. The number of benzene rings is 1. The first-order valence-electron chi connectivity index (χ1n) is 7.63. The van der Waals surface area contributed by atoms with Crippen LogP contribution in [0.5, 0.6) is 0 Å². The van der Waals surface area contributed by atoms with Crippen molar-refractivity contribution in [1.29, 1.82) is 0 Å². The molecular weight excluding hydrogens is 262 g/mol. The minimum absolute atomic E-state index is 0.0268. The van der Waals surface area contributed by atoms with Gasteiger partial charge in [-0.25, -0.2) is 0 Å². The average Bonchev–Trinajstić information content (AvgIpc) is 3.07. The molecule has 0 amide bonds. The molecule has 0 unspecified atom stereocenters. The summed E-state index contributed by atoms with van der Waals surface area (Å²) in [5.74, 6) is 1.23. The number of hydrogen-bond donors (Lipinski definition) is 1. The van der Waals surface area contributed by atoms with Crippen LogP contribution in [0.1, 0.15) is 57.8 Å². The highest BCUT2D eigenvalue weighted by molar-refractivity contribution is 5.60. The van der Waals surface area contributed by atoms with E-state index in [-0.39, 0.29) is 5.41 Å². The summed E-state index contributed by atoms with van der Waals surface area (Å²) in [7, 11) is 0. The van der Waals surface area contributed by atoms with Gasteiger partial charge in [-0.1, -0.05) is 57.0 Å². The fourth-order valence-electron chi connectivity index (χ4n) is 3.09. The minimum Gasteiger partial charge on any atom is -0.334 e. The van der Waals surface area contributed by atoms with E-state index in [0.29, 0.717) is 11.7 Å². The van der Waals surface area contributed by atoms with Crippen LogP contribution >= 0.6 is 0 Å². The van der Waals surface area contributed by atoms with Crippen LogP contribution in [0.25, 0.3) is 11.5 Å². The van der Waals surface area contributed by atoms with Crippen molar-refractivity contribution >= 4 is 0 Å². The maximum atomic E-state index is 6.41. The first-order valence-corrected chi connectivity index (χ1v) is 7.63. The predicted octanol–water partition coefficient (Wildman–Crippen LogP) is 3.76. The molecule has 2 aromatic rings. The van der Waals surface area contributed by atoms with Gasteiger partial charge in [0, 0.05) is 5.56 Å². The SMILES string of the molecule is CC(C)(C)c1ccccc1-c1nc(C2(N)CCCC2)no1. The molecule has 4 heteroatoms. The Labute approximate surface area is 125 Å². The maximum Gasteiger partial charge on any atom is 0.258 e. The number of hydrogen-bond acceptors (Lipinski definition) is 4. The van der Waals surface area contributed by atoms with Crippen molar-refractivity contribution < 1.29 is 4.52 Å². The van der Waals surface area contributed by atoms with Crippen LogP contribution in [0.3, 0.4) is 0 Å². The van der Waals surface area contributed by atoms with Crippen LogP contribution in [0.15, 0.2) is 28.8 Å². The van der Waals surface area contributed by atoms with E-state index in [1.54, 1.807) is 0 Å². The Kier molecular flexibility index (Phi) is 3.36. The zero-order valence-electron chi connectivity index (χ0n) is 13.0. The normalized spacial score (nSPS) is 18.1. The van der Waals surface area contributed by atoms with Gasteiger partial charge in [0.05, 0.1) is 5.54 Å². The van der Waals surface area contributed by atoms with Crippen molar-refractivity contribution in [3.63, 3.8) is 0 Å². The molecule has 21 heavy (non-hydrogen) atoms. The summed E-state index contributed by atoms with van der Waals surface area (Å²) in [6.07, 6.45) is 4.15. The standard InChI is InChI=1S/C17H23N3O/c1-16(2,3)13-9-5-4-8-12(13)14-19-15(20-21-14)17(18)10-6-7-11-17/h4-5,8-9H,6-7,10-11,18H2,1-3H3.